The second kappa shape index (κ2) is 10.4. The highest BCUT2D eigenvalue weighted by atomic mass is 35.5. The van der Waals surface area contributed by atoms with Crippen LogP contribution in [-0.2, 0) is 0 Å². The van der Waals surface area contributed by atoms with E-state index >= 15 is 0 Å². The number of nitrogens with zero attached hydrogens (tertiary/aromatic N) is 6. The monoisotopic (exact) mass is 435 g/mol. The second-order valence-corrected chi connectivity index (χ2v) is 7.87. The minimum Gasteiger partial charge on any atom is -0.367 e. The summed E-state index contributed by atoms with van der Waals surface area (Å²) in [5.41, 5.74) is 2.09. The molecule has 2 heterocycles. The van der Waals surface area contributed by atoms with Crippen molar-refractivity contribution in [3.05, 3.63) is 65.8 Å². The Balaban J connectivity index is 1.56. The summed E-state index contributed by atoms with van der Waals surface area (Å²) in [6.07, 6.45) is 0. The Bertz CT molecular complexity index is 1000. The number of piperazine rings is 1. The van der Waals surface area contributed by atoms with Gasteiger partial charge in [0.05, 0.1) is 5.69 Å². The summed E-state index contributed by atoms with van der Waals surface area (Å²) in [5, 5.41) is 12.4. The lowest BCUT2D eigenvalue weighted by molar-refractivity contribution is 0.158. The fourth-order valence-electron chi connectivity index (χ4n) is 3.36. The normalized spacial score (nSPS) is 15.4. The van der Waals surface area contributed by atoms with Crippen LogP contribution in [0.1, 0.15) is 0 Å². The molecule has 0 unspecified atom stereocenters. The van der Waals surface area contributed by atoms with Gasteiger partial charge in [-0.3, -0.25) is 4.90 Å². The van der Waals surface area contributed by atoms with Crippen molar-refractivity contribution < 1.29 is 0 Å². The molecule has 1 aliphatic heterocycles. The van der Waals surface area contributed by atoms with E-state index in [4.69, 9.17) is 16.6 Å². The quantitative estimate of drug-likeness (QED) is 0.423. The van der Waals surface area contributed by atoms with Crippen LogP contribution in [0.2, 0.25) is 5.15 Å². The summed E-state index contributed by atoms with van der Waals surface area (Å²) in [5.74, 6) is 1.15. The minimum atomic E-state index is 0.274. The number of hydrogen-bond donors (Lipinski definition) is 1. The highest BCUT2D eigenvalue weighted by Gasteiger charge is 2.16. The molecule has 4 rings (SSSR count). The highest BCUT2D eigenvalue weighted by Crippen LogP contribution is 2.34. The number of anilines is 1. The number of halogens is 1. The molecule has 7 nitrogen and oxygen atoms in total. The number of likely N-dealkylation sites (N-methyl/N-ethyl adjacent to an activating group) is 1. The van der Waals surface area contributed by atoms with Crippen molar-refractivity contribution in [1.29, 1.82) is 0 Å². The Labute approximate surface area is 187 Å². The lowest BCUT2D eigenvalue weighted by Gasteiger charge is -2.32. The van der Waals surface area contributed by atoms with Gasteiger partial charge in [-0.25, -0.2) is 9.97 Å². The largest absolute Gasteiger partial charge is 0.367 e. The summed E-state index contributed by atoms with van der Waals surface area (Å²) >= 11 is 6.53. The van der Waals surface area contributed by atoms with Crippen LogP contribution in [0, 0.1) is 0 Å². The molecule has 0 saturated carbocycles. The number of azo groups is 1. The van der Waals surface area contributed by atoms with Crippen LogP contribution in [0.25, 0.3) is 11.4 Å². The van der Waals surface area contributed by atoms with Crippen molar-refractivity contribution in [2.45, 2.75) is 0 Å². The van der Waals surface area contributed by atoms with Crippen LogP contribution in [-0.4, -0.2) is 66.1 Å². The minimum absolute atomic E-state index is 0.274. The molecule has 8 heteroatoms. The molecule has 1 aliphatic rings. The van der Waals surface area contributed by atoms with Crippen LogP contribution in [0.15, 0.2) is 70.9 Å². The molecule has 0 aliphatic carbocycles. The fourth-order valence-corrected chi connectivity index (χ4v) is 3.57. The molecule has 31 heavy (non-hydrogen) atoms. The van der Waals surface area contributed by atoms with Crippen LogP contribution >= 0.6 is 11.6 Å². The fraction of sp³-hybridized carbons (Fsp3) is 0.304. The van der Waals surface area contributed by atoms with Gasteiger partial charge in [0.25, 0.3) is 0 Å². The summed E-state index contributed by atoms with van der Waals surface area (Å²) in [6, 6.07) is 19.3. The predicted molar refractivity (Wildman–Crippen MR) is 126 cm³/mol. The first-order valence-electron chi connectivity index (χ1n) is 10.4. The van der Waals surface area contributed by atoms with E-state index in [2.05, 4.69) is 37.4 Å². The maximum atomic E-state index is 6.53. The van der Waals surface area contributed by atoms with Crippen LogP contribution in [0.3, 0.4) is 0 Å². The van der Waals surface area contributed by atoms with E-state index in [0.717, 1.165) is 50.5 Å². The van der Waals surface area contributed by atoms with E-state index in [-0.39, 0.29) is 5.15 Å². The lowest BCUT2D eigenvalue weighted by atomic mass is 10.2. The first-order chi connectivity index (χ1) is 15.2. The Morgan fingerprint density at radius 2 is 1.58 bits per heavy atom. The third-order valence-electron chi connectivity index (χ3n) is 5.21. The number of rotatable bonds is 7. The maximum absolute atomic E-state index is 6.53. The van der Waals surface area contributed by atoms with Gasteiger partial charge < -0.3 is 10.2 Å². The van der Waals surface area contributed by atoms with E-state index in [1.807, 2.05) is 60.7 Å². The third-order valence-corrected chi connectivity index (χ3v) is 5.48. The van der Waals surface area contributed by atoms with Crippen molar-refractivity contribution in [3.8, 4) is 11.4 Å². The molecule has 0 radical (unpaired) electrons. The van der Waals surface area contributed by atoms with E-state index in [1.54, 1.807) is 0 Å². The number of nitrogens with one attached hydrogen (secondary N) is 1. The van der Waals surface area contributed by atoms with Crippen LogP contribution in [0.5, 0.6) is 0 Å². The van der Waals surface area contributed by atoms with Crippen molar-refractivity contribution >= 4 is 28.8 Å². The van der Waals surface area contributed by atoms with E-state index in [0.29, 0.717) is 17.3 Å². The highest BCUT2D eigenvalue weighted by molar-refractivity contribution is 6.32. The van der Waals surface area contributed by atoms with Gasteiger partial charge in [-0.05, 0) is 19.2 Å². The number of aromatic nitrogens is 2. The van der Waals surface area contributed by atoms with Crippen molar-refractivity contribution in [2.24, 2.45) is 10.2 Å². The summed E-state index contributed by atoms with van der Waals surface area (Å²) in [4.78, 5) is 14.0. The van der Waals surface area contributed by atoms with Gasteiger partial charge >= 0.3 is 0 Å². The van der Waals surface area contributed by atoms with Gasteiger partial charge in [0, 0.05) is 44.8 Å². The van der Waals surface area contributed by atoms with Gasteiger partial charge in [0.2, 0.25) is 0 Å². The molecule has 1 saturated heterocycles. The van der Waals surface area contributed by atoms with Gasteiger partial charge in [0.1, 0.15) is 0 Å². The summed E-state index contributed by atoms with van der Waals surface area (Å²) < 4.78 is 0. The zero-order valence-electron chi connectivity index (χ0n) is 17.6. The Kier molecular flexibility index (Phi) is 7.19. The Hall–Kier alpha value is -2.87. The molecular formula is C23H26ClN7. The average molecular weight is 436 g/mol. The lowest BCUT2D eigenvalue weighted by Crippen LogP contribution is -2.45. The zero-order valence-corrected chi connectivity index (χ0v) is 18.3. The maximum Gasteiger partial charge on any atom is 0.165 e. The van der Waals surface area contributed by atoms with Crippen LogP contribution in [0.4, 0.5) is 17.2 Å². The molecule has 2 aromatic carbocycles. The standard InChI is InChI=1S/C23H26ClN7/c1-30-14-16-31(17-15-30)13-12-25-23-20(29-28-19-10-6-3-7-11-19)21(24)26-22(27-23)18-8-4-2-5-9-18/h2-11H,12-17H2,1H3,(H,25,26,27)/b29-28+. The molecular weight excluding hydrogens is 410 g/mol. The van der Waals surface area contributed by atoms with E-state index in [9.17, 15) is 0 Å². The molecule has 0 bridgehead atoms. The van der Waals surface area contributed by atoms with Gasteiger partial charge in [-0.2, -0.15) is 5.11 Å². The van der Waals surface area contributed by atoms with Crippen molar-refractivity contribution in [2.75, 3.05) is 51.6 Å². The molecule has 160 valence electrons. The second-order valence-electron chi connectivity index (χ2n) is 7.51. The molecule has 3 aromatic rings. The van der Waals surface area contributed by atoms with E-state index in [1.165, 1.54) is 0 Å². The first kappa shape index (κ1) is 21.4. The molecule has 1 N–H and O–H groups in total. The number of benzene rings is 2. The smallest absolute Gasteiger partial charge is 0.165 e. The van der Waals surface area contributed by atoms with Gasteiger partial charge in [-0.1, -0.05) is 60.1 Å². The molecule has 0 amide bonds. The molecule has 0 atom stereocenters. The van der Waals surface area contributed by atoms with Crippen molar-refractivity contribution in [1.82, 2.24) is 19.8 Å². The topological polar surface area (TPSA) is 69.0 Å². The SMILES string of the molecule is CN1CCN(CCNc2nc(-c3ccccc3)nc(Cl)c2/N=N/c2ccccc2)CC1. The van der Waals surface area contributed by atoms with E-state index < -0.39 is 0 Å². The third kappa shape index (κ3) is 5.85. The van der Waals surface area contributed by atoms with Gasteiger partial charge in [0.15, 0.2) is 22.5 Å². The molecule has 1 aromatic heterocycles. The van der Waals surface area contributed by atoms with Gasteiger partial charge in [-0.15, -0.1) is 5.11 Å². The predicted octanol–water partition coefficient (Wildman–Crippen LogP) is 4.87. The first-order valence-corrected chi connectivity index (χ1v) is 10.8. The summed E-state index contributed by atoms with van der Waals surface area (Å²) in [6.45, 7) is 5.98. The zero-order chi connectivity index (χ0) is 21.5. The molecule has 1 fully saturated rings. The molecule has 0 spiro atoms. The van der Waals surface area contributed by atoms with Crippen LogP contribution < -0.4 is 5.32 Å². The van der Waals surface area contributed by atoms with Crippen molar-refractivity contribution in [3.63, 3.8) is 0 Å². The average Bonchev–Trinajstić information content (AvgIpc) is 2.81. The Morgan fingerprint density at radius 1 is 0.903 bits per heavy atom. The Morgan fingerprint density at radius 3 is 2.29 bits per heavy atom. The summed E-state index contributed by atoms with van der Waals surface area (Å²) in [7, 11) is 2.16. The number of hydrogen-bond acceptors (Lipinski definition) is 7.